The molecule has 26 heavy (non-hydrogen) atoms. The Labute approximate surface area is 160 Å². The van der Waals surface area contributed by atoms with Gasteiger partial charge in [0, 0.05) is 17.1 Å². The van der Waals surface area contributed by atoms with Crippen molar-refractivity contribution in [3.05, 3.63) is 47.1 Å². The Morgan fingerprint density at radius 2 is 1.96 bits per heavy atom. The highest BCUT2D eigenvalue weighted by Gasteiger charge is 2.19. The van der Waals surface area contributed by atoms with Crippen LogP contribution in [0.2, 0.25) is 5.02 Å². The number of rotatable bonds is 6. The molecule has 0 atom stereocenters. The first-order chi connectivity index (χ1) is 12.6. The molecular weight excluding hydrogens is 348 g/mol. The van der Waals surface area contributed by atoms with Crippen molar-refractivity contribution in [3.8, 4) is 0 Å². The third-order valence-electron chi connectivity index (χ3n) is 5.10. The van der Waals surface area contributed by atoms with Crippen LogP contribution >= 0.6 is 11.6 Å². The zero-order chi connectivity index (χ0) is 18.4. The summed E-state index contributed by atoms with van der Waals surface area (Å²) in [6, 6.07) is 10.0. The van der Waals surface area contributed by atoms with Gasteiger partial charge in [0.15, 0.2) is 0 Å². The van der Waals surface area contributed by atoms with Gasteiger partial charge in [-0.15, -0.1) is 0 Å². The number of benzene rings is 1. The highest BCUT2D eigenvalue weighted by atomic mass is 35.5. The van der Waals surface area contributed by atoms with Crippen LogP contribution in [0, 0.1) is 0 Å². The first-order valence-electron chi connectivity index (χ1n) is 9.39. The quantitative estimate of drug-likeness (QED) is 0.772. The number of aromatic nitrogens is 2. The maximum Gasteiger partial charge on any atom is 0.239 e. The molecule has 1 aromatic heterocycles. The van der Waals surface area contributed by atoms with Crippen LogP contribution in [-0.4, -0.2) is 40.2 Å². The van der Waals surface area contributed by atoms with Gasteiger partial charge in [0.25, 0.3) is 0 Å². The van der Waals surface area contributed by atoms with Gasteiger partial charge in [-0.2, -0.15) is 5.10 Å². The van der Waals surface area contributed by atoms with Gasteiger partial charge in [-0.25, -0.2) is 4.68 Å². The lowest BCUT2D eigenvalue weighted by Gasteiger charge is -2.26. The van der Waals surface area contributed by atoms with Gasteiger partial charge in [0.05, 0.1) is 19.3 Å². The second-order valence-electron chi connectivity index (χ2n) is 7.07. The van der Waals surface area contributed by atoms with Crippen molar-refractivity contribution in [2.45, 2.75) is 51.1 Å². The Morgan fingerprint density at radius 1 is 1.23 bits per heavy atom. The van der Waals surface area contributed by atoms with E-state index in [1.807, 2.05) is 30.3 Å². The van der Waals surface area contributed by atoms with E-state index >= 15 is 0 Å². The Morgan fingerprint density at radius 3 is 2.69 bits per heavy atom. The number of nitrogens with zero attached hydrogens (tertiary/aromatic N) is 3. The summed E-state index contributed by atoms with van der Waals surface area (Å²) in [4.78, 5) is 14.7. The molecule has 0 unspecified atom stereocenters. The van der Waals surface area contributed by atoms with Crippen LogP contribution in [0.15, 0.2) is 36.5 Å². The van der Waals surface area contributed by atoms with Crippen LogP contribution in [-0.2, 0) is 11.3 Å². The highest BCUT2D eigenvalue weighted by Crippen LogP contribution is 2.21. The minimum absolute atomic E-state index is 0.00217. The minimum atomic E-state index is -0.00217. The van der Waals surface area contributed by atoms with Gasteiger partial charge in [-0.3, -0.25) is 9.69 Å². The third kappa shape index (κ3) is 5.08. The Balaban J connectivity index is 1.58. The van der Waals surface area contributed by atoms with Crippen LogP contribution in [0.25, 0.3) is 0 Å². The first kappa shape index (κ1) is 18.9. The van der Waals surface area contributed by atoms with E-state index in [-0.39, 0.29) is 5.91 Å². The summed E-state index contributed by atoms with van der Waals surface area (Å²) in [6.07, 6.45) is 9.24. The molecule has 0 radical (unpaired) electrons. The fraction of sp³-hybridized carbons (Fsp3) is 0.500. The average molecular weight is 375 g/mol. The standard InChI is InChI=1S/C20H27ClN4O/c1-24(17-9-4-2-3-5-10-17)15-20(26)23-19-12-13-22-25(19)14-16-8-6-7-11-18(16)21/h6-8,11-13,17H,2-5,9-10,14-15H2,1H3,(H,23,26). The van der Waals surface area contributed by atoms with Gasteiger partial charge >= 0.3 is 0 Å². The number of nitrogens with one attached hydrogen (secondary N) is 1. The van der Waals surface area contributed by atoms with Crippen LogP contribution < -0.4 is 5.32 Å². The lowest BCUT2D eigenvalue weighted by atomic mass is 10.1. The van der Waals surface area contributed by atoms with Crippen LogP contribution in [0.5, 0.6) is 0 Å². The van der Waals surface area contributed by atoms with Crippen molar-refractivity contribution in [2.75, 3.05) is 18.9 Å². The van der Waals surface area contributed by atoms with E-state index < -0.39 is 0 Å². The molecular formula is C20H27ClN4O. The summed E-state index contributed by atoms with van der Waals surface area (Å²) >= 11 is 6.23. The molecule has 1 fully saturated rings. The molecule has 0 spiro atoms. The normalized spacial score (nSPS) is 15.8. The molecule has 0 saturated heterocycles. The molecule has 1 heterocycles. The van der Waals surface area contributed by atoms with E-state index in [2.05, 4.69) is 22.4 Å². The molecule has 1 N–H and O–H groups in total. The molecule has 1 amide bonds. The van der Waals surface area contributed by atoms with Gasteiger partial charge in [-0.05, 0) is 31.5 Å². The van der Waals surface area contributed by atoms with E-state index in [4.69, 9.17) is 11.6 Å². The van der Waals surface area contributed by atoms with Gasteiger partial charge in [-0.1, -0.05) is 55.5 Å². The number of carbonyl (C=O) groups is 1. The maximum absolute atomic E-state index is 12.5. The first-order valence-corrected chi connectivity index (χ1v) is 9.76. The van der Waals surface area contributed by atoms with E-state index in [0.29, 0.717) is 30.0 Å². The summed E-state index contributed by atoms with van der Waals surface area (Å²) in [5.74, 6) is 0.696. The smallest absolute Gasteiger partial charge is 0.239 e. The Bertz CT molecular complexity index is 722. The molecule has 0 bridgehead atoms. The monoisotopic (exact) mass is 374 g/mol. The van der Waals surface area contributed by atoms with Gasteiger partial charge in [0.2, 0.25) is 5.91 Å². The summed E-state index contributed by atoms with van der Waals surface area (Å²) < 4.78 is 1.77. The van der Waals surface area contributed by atoms with E-state index in [1.165, 1.54) is 38.5 Å². The summed E-state index contributed by atoms with van der Waals surface area (Å²) in [7, 11) is 2.05. The highest BCUT2D eigenvalue weighted by molar-refractivity contribution is 6.31. The minimum Gasteiger partial charge on any atom is -0.310 e. The molecule has 1 aliphatic rings. The Kier molecular flexibility index (Phi) is 6.69. The Hall–Kier alpha value is -1.85. The molecule has 1 aliphatic carbocycles. The second kappa shape index (κ2) is 9.19. The van der Waals surface area contributed by atoms with Crippen molar-refractivity contribution in [1.29, 1.82) is 0 Å². The van der Waals surface area contributed by atoms with Gasteiger partial charge < -0.3 is 5.32 Å². The molecule has 1 aromatic carbocycles. The predicted octanol–water partition coefficient (Wildman–Crippen LogP) is 4.18. The fourth-order valence-electron chi connectivity index (χ4n) is 3.59. The predicted molar refractivity (Wildman–Crippen MR) is 106 cm³/mol. The van der Waals surface area contributed by atoms with Crippen LogP contribution in [0.4, 0.5) is 5.82 Å². The van der Waals surface area contributed by atoms with Crippen molar-refractivity contribution < 1.29 is 4.79 Å². The molecule has 0 aliphatic heterocycles. The van der Waals surface area contributed by atoms with Gasteiger partial charge in [0.1, 0.15) is 5.82 Å². The number of halogens is 1. The van der Waals surface area contributed by atoms with E-state index in [1.54, 1.807) is 10.9 Å². The lowest BCUT2D eigenvalue weighted by Crippen LogP contribution is -2.38. The number of amides is 1. The van der Waals surface area contributed by atoms with Crippen LogP contribution in [0.1, 0.15) is 44.1 Å². The fourth-order valence-corrected chi connectivity index (χ4v) is 3.78. The molecule has 140 valence electrons. The SMILES string of the molecule is CN(CC(=O)Nc1ccnn1Cc1ccccc1Cl)C1CCCCCC1. The average Bonchev–Trinajstić information content (AvgIpc) is 2.87. The molecule has 5 nitrogen and oxygen atoms in total. The lowest BCUT2D eigenvalue weighted by molar-refractivity contribution is -0.117. The van der Waals surface area contributed by atoms with Crippen molar-refractivity contribution >= 4 is 23.3 Å². The number of anilines is 1. The zero-order valence-corrected chi connectivity index (χ0v) is 16.1. The number of hydrogen-bond donors (Lipinski definition) is 1. The molecule has 3 rings (SSSR count). The molecule has 1 saturated carbocycles. The molecule has 2 aromatic rings. The van der Waals surface area contributed by atoms with Crippen molar-refractivity contribution in [2.24, 2.45) is 0 Å². The summed E-state index contributed by atoms with van der Waals surface area (Å²) in [6.45, 7) is 0.933. The molecule has 6 heteroatoms. The zero-order valence-electron chi connectivity index (χ0n) is 15.3. The number of likely N-dealkylation sites (N-methyl/N-ethyl adjacent to an activating group) is 1. The number of carbonyl (C=O) groups excluding carboxylic acids is 1. The largest absolute Gasteiger partial charge is 0.310 e. The van der Waals surface area contributed by atoms with E-state index in [9.17, 15) is 4.79 Å². The van der Waals surface area contributed by atoms with Crippen LogP contribution in [0.3, 0.4) is 0 Å². The number of hydrogen-bond acceptors (Lipinski definition) is 3. The third-order valence-corrected chi connectivity index (χ3v) is 5.47. The topological polar surface area (TPSA) is 50.2 Å². The van der Waals surface area contributed by atoms with Crippen molar-refractivity contribution in [3.63, 3.8) is 0 Å². The summed E-state index contributed by atoms with van der Waals surface area (Å²) in [5, 5.41) is 8.01. The van der Waals surface area contributed by atoms with Crippen molar-refractivity contribution in [1.82, 2.24) is 14.7 Å². The summed E-state index contributed by atoms with van der Waals surface area (Å²) in [5.41, 5.74) is 0.976. The second-order valence-corrected chi connectivity index (χ2v) is 7.48. The van der Waals surface area contributed by atoms with E-state index in [0.717, 1.165) is 5.56 Å². The maximum atomic E-state index is 12.5.